The van der Waals surface area contributed by atoms with E-state index in [0.29, 0.717) is 19.5 Å². The van der Waals surface area contributed by atoms with Crippen molar-refractivity contribution in [2.24, 2.45) is 5.92 Å². The van der Waals surface area contributed by atoms with E-state index < -0.39 is 11.9 Å². The lowest BCUT2D eigenvalue weighted by molar-refractivity contribution is -0.137. The summed E-state index contributed by atoms with van der Waals surface area (Å²) in [4.78, 5) is 12.4. The molecule has 0 aromatic heterocycles. The maximum Gasteiger partial charge on any atom is 0.303 e. The van der Waals surface area contributed by atoms with Crippen molar-refractivity contribution < 1.29 is 18.7 Å². The molecule has 1 aromatic rings. The van der Waals surface area contributed by atoms with Crippen LogP contribution in [0, 0.1) is 5.92 Å². The lowest BCUT2D eigenvalue weighted by Gasteiger charge is -2.34. The van der Waals surface area contributed by atoms with Gasteiger partial charge >= 0.3 is 5.97 Å². The Labute approximate surface area is 123 Å². The molecule has 1 aliphatic rings. The molecule has 0 spiro atoms. The van der Waals surface area contributed by atoms with E-state index in [-0.39, 0.29) is 24.4 Å². The third kappa shape index (κ3) is 4.77. The molecule has 1 heterocycles. The number of piperidine rings is 1. The molecule has 3 nitrogen and oxygen atoms in total. The quantitative estimate of drug-likeness (QED) is 0.875. The van der Waals surface area contributed by atoms with Gasteiger partial charge in [-0.15, -0.1) is 0 Å². The van der Waals surface area contributed by atoms with Crippen molar-refractivity contribution in [3.63, 3.8) is 0 Å². The Morgan fingerprint density at radius 3 is 2.71 bits per heavy atom. The Kier molecular flexibility index (Phi) is 5.28. The van der Waals surface area contributed by atoms with E-state index in [9.17, 15) is 13.6 Å². The summed E-state index contributed by atoms with van der Waals surface area (Å²) in [6, 6.07) is 7.87. The second-order valence-electron chi connectivity index (χ2n) is 5.75. The van der Waals surface area contributed by atoms with Crippen LogP contribution in [0.1, 0.15) is 31.2 Å². The number of hydrogen-bond acceptors (Lipinski definition) is 2. The van der Waals surface area contributed by atoms with Gasteiger partial charge in [0.25, 0.3) is 5.92 Å². The molecule has 1 unspecified atom stereocenters. The summed E-state index contributed by atoms with van der Waals surface area (Å²) in [5.41, 5.74) is 0.0395. The van der Waals surface area contributed by atoms with E-state index in [1.165, 1.54) is 12.1 Å². The largest absolute Gasteiger partial charge is 0.481 e. The highest BCUT2D eigenvalue weighted by Crippen LogP contribution is 2.31. The summed E-state index contributed by atoms with van der Waals surface area (Å²) >= 11 is 0. The van der Waals surface area contributed by atoms with Gasteiger partial charge in [-0.05, 0) is 31.7 Å². The summed E-state index contributed by atoms with van der Waals surface area (Å²) in [5.74, 6) is -3.47. The molecule has 0 saturated carbocycles. The minimum Gasteiger partial charge on any atom is -0.481 e. The molecule has 5 heteroatoms. The van der Waals surface area contributed by atoms with Crippen LogP contribution < -0.4 is 0 Å². The second kappa shape index (κ2) is 6.98. The number of carboxylic acids is 1. The summed E-state index contributed by atoms with van der Waals surface area (Å²) < 4.78 is 28.5. The van der Waals surface area contributed by atoms with Gasteiger partial charge in [-0.25, -0.2) is 0 Å². The molecule has 1 saturated heterocycles. The van der Waals surface area contributed by atoms with E-state index in [2.05, 4.69) is 0 Å². The molecule has 1 N–H and O–H groups in total. The zero-order chi connectivity index (χ0) is 15.3. The topological polar surface area (TPSA) is 40.5 Å². The van der Waals surface area contributed by atoms with Crippen LogP contribution in [0.4, 0.5) is 8.78 Å². The molecular weight excluding hydrogens is 276 g/mol. The SMILES string of the molecule is O=C(O)CCC1CCCN(CC(F)(F)c2ccccc2)C1. The number of aliphatic carboxylic acids is 1. The highest BCUT2D eigenvalue weighted by atomic mass is 19.3. The van der Waals surface area contributed by atoms with Gasteiger partial charge in [0, 0.05) is 18.5 Å². The van der Waals surface area contributed by atoms with Crippen LogP contribution in [0.5, 0.6) is 0 Å². The first kappa shape index (κ1) is 15.9. The first-order valence-electron chi connectivity index (χ1n) is 7.35. The predicted octanol–water partition coefficient (Wildman–Crippen LogP) is 3.36. The van der Waals surface area contributed by atoms with Crippen molar-refractivity contribution in [3.05, 3.63) is 35.9 Å². The predicted molar refractivity (Wildman–Crippen MR) is 76.4 cm³/mol. The number of rotatable bonds is 6. The number of likely N-dealkylation sites (tertiary alicyclic amines) is 1. The van der Waals surface area contributed by atoms with Crippen LogP contribution in [0.25, 0.3) is 0 Å². The maximum absolute atomic E-state index is 14.2. The average molecular weight is 297 g/mol. The average Bonchev–Trinajstić information content (AvgIpc) is 2.46. The van der Waals surface area contributed by atoms with Crippen molar-refractivity contribution in [2.45, 2.75) is 31.6 Å². The normalized spacial score (nSPS) is 20.4. The Morgan fingerprint density at radius 2 is 2.05 bits per heavy atom. The highest BCUT2D eigenvalue weighted by Gasteiger charge is 2.35. The van der Waals surface area contributed by atoms with E-state index in [0.717, 1.165) is 12.8 Å². The lowest BCUT2D eigenvalue weighted by atomic mass is 9.93. The Bertz CT molecular complexity index is 465. The fraction of sp³-hybridized carbons (Fsp3) is 0.562. The van der Waals surface area contributed by atoms with Gasteiger partial charge in [-0.2, -0.15) is 8.78 Å². The fourth-order valence-electron chi connectivity index (χ4n) is 2.91. The Morgan fingerprint density at radius 1 is 1.33 bits per heavy atom. The summed E-state index contributed by atoms with van der Waals surface area (Å²) in [7, 11) is 0. The van der Waals surface area contributed by atoms with Gasteiger partial charge in [0.05, 0.1) is 6.54 Å². The van der Waals surface area contributed by atoms with Crippen molar-refractivity contribution in [1.29, 1.82) is 0 Å². The molecule has 21 heavy (non-hydrogen) atoms. The van der Waals surface area contributed by atoms with E-state index in [1.54, 1.807) is 23.1 Å². The maximum atomic E-state index is 14.2. The number of alkyl halides is 2. The summed E-state index contributed by atoms with van der Waals surface area (Å²) in [6.45, 7) is 0.933. The van der Waals surface area contributed by atoms with Gasteiger partial charge < -0.3 is 5.11 Å². The Hall–Kier alpha value is -1.49. The second-order valence-corrected chi connectivity index (χ2v) is 5.75. The van der Waals surface area contributed by atoms with Gasteiger partial charge in [0.15, 0.2) is 0 Å². The molecule has 116 valence electrons. The van der Waals surface area contributed by atoms with Crippen LogP contribution in [-0.2, 0) is 10.7 Å². The van der Waals surface area contributed by atoms with Crippen LogP contribution in [0.15, 0.2) is 30.3 Å². The number of carboxylic acid groups (broad SMARTS) is 1. The summed E-state index contributed by atoms with van der Waals surface area (Å²) in [6.07, 6.45) is 2.48. The minimum absolute atomic E-state index is 0.0395. The molecule has 1 aromatic carbocycles. The standard InChI is InChI=1S/C16H21F2NO2/c17-16(18,14-6-2-1-3-7-14)12-19-10-4-5-13(11-19)8-9-15(20)21/h1-3,6-7,13H,4-5,8-12H2,(H,20,21). The molecular formula is C16H21F2NO2. The van der Waals surface area contributed by atoms with Crippen molar-refractivity contribution in [1.82, 2.24) is 4.90 Å². The molecule has 0 bridgehead atoms. The molecule has 0 aliphatic carbocycles. The van der Waals surface area contributed by atoms with Crippen molar-refractivity contribution in [3.8, 4) is 0 Å². The molecule has 0 radical (unpaired) electrons. The minimum atomic E-state index is -2.87. The van der Waals surface area contributed by atoms with Crippen molar-refractivity contribution >= 4 is 5.97 Å². The Balaban J connectivity index is 1.91. The molecule has 0 amide bonds. The number of nitrogens with zero attached hydrogens (tertiary/aromatic N) is 1. The summed E-state index contributed by atoms with van der Waals surface area (Å²) in [5, 5.41) is 8.71. The van der Waals surface area contributed by atoms with Crippen LogP contribution in [0.2, 0.25) is 0 Å². The fourth-order valence-corrected chi connectivity index (χ4v) is 2.91. The van der Waals surface area contributed by atoms with E-state index in [4.69, 9.17) is 5.11 Å². The molecule has 2 rings (SSSR count). The number of halogens is 2. The van der Waals surface area contributed by atoms with Gasteiger partial charge in [-0.3, -0.25) is 9.69 Å². The monoisotopic (exact) mass is 297 g/mol. The van der Waals surface area contributed by atoms with Crippen molar-refractivity contribution in [2.75, 3.05) is 19.6 Å². The van der Waals surface area contributed by atoms with Crippen LogP contribution in [-0.4, -0.2) is 35.6 Å². The van der Waals surface area contributed by atoms with Gasteiger partial charge in [0.1, 0.15) is 0 Å². The molecule has 1 aliphatic heterocycles. The molecule has 1 atom stereocenters. The first-order chi connectivity index (χ1) is 9.97. The zero-order valence-electron chi connectivity index (χ0n) is 12.0. The van der Waals surface area contributed by atoms with E-state index in [1.807, 2.05) is 0 Å². The number of carbonyl (C=O) groups is 1. The van der Waals surface area contributed by atoms with Gasteiger partial charge in [-0.1, -0.05) is 30.3 Å². The number of benzene rings is 1. The lowest BCUT2D eigenvalue weighted by Crippen LogP contribution is -2.42. The number of hydrogen-bond donors (Lipinski definition) is 1. The molecule has 1 fully saturated rings. The van der Waals surface area contributed by atoms with Gasteiger partial charge in [0.2, 0.25) is 0 Å². The third-order valence-corrected chi connectivity index (χ3v) is 3.99. The zero-order valence-corrected chi connectivity index (χ0v) is 12.0. The third-order valence-electron chi connectivity index (χ3n) is 3.99. The first-order valence-corrected chi connectivity index (χ1v) is 7.35. The van der Waals surface area contributed by atoms with Crippen LogP contribution in [0.3, 0.4) is 0 Å². The van der Waals surface area contributed by atoms with E-state index >= 15 is 0 Å². The van der Waals surface area contributed by atoms with Crippen LogP contribution >= 0.6 is 0 Å². The highest BCUT2D eigenvalue weighted by molar-refractivity contribution is 5.66. The smallest absolute Gasteiger partial charge is 0.303 e.